The van der Waals surface area contributed by atoms with Gasteiger partial charge in [-0.3, -0.25) is 9.80 Å². The Hall–Kier alpha value is -0.990. The first-order valence-corrected chi connectivity index (χ1v) is 10.1. The first-order valence-electron chi connectivity index (χ1n) is 8.55. The number of sulfone groups is 1. The second-order valence-electron chi connectivity index (χ2n) is 6.31. The Morgan fingerprint density at radius 2 is 1.29 bits per heavy atom. The van der Waals surface area contributed by atoms with Gasteiger partial charge in [-0.1, -0.05) is 18.2 Å². The lowest BCUT2D eigenvalue weighted by Gasteiger charge is -2.34. The molecule has 24 heavy (non-hydrogen) atoms. The molecular formula is C17H26N2O4S. The van der Waals surface area contributed by atoms with Crippen molar-refractivity contribution >= 4 is 9.84 Å². The molecule has 2 heterocycles. The SMILES string of the molecule is O=S(=O)(c1ccccc1)C(CN1CCOCC1)CN1CCOCC1. The van der Waals surface area contributed by atoms with Crippen LogP contribution in [-0.4, -0.2) is 89.2 Å². The topological polar surface area (TPSA) is 59.1 Å². The zero-order chi connectivity index (χ0) is 16.8. The molecule has 0 atom stereocenters. The highest BCUT2D eigenvalue weighted by molar-refractivity contribution is 7.92. The molecule has 134 valence electrons. The van der Waals surface area contributed by atoms with Gasteiger partial charge in [0, 0.05) is 39.3 Å². The first kappa shape index (κ1) is 17.8. The van der Waals surface area contributed by atoms with Crippen LogP contribution in [0.5, 0.6) is 0 Å². The lowest BCUT2D eigenvalue weighted by Crippen LogP contribution is -2.49. The van der Waals surface area contributed by atoms with Crippen molar-refractivity contribution in [2.75, 3.05) is 65.7 Å². The van der Waals surface area contributed by atoms with E-state index in [4.69, 9.17) is 9.47 Å². The summed E-state index contributed by atoms with van der Waals surface area (Å²) in [5.41, 5.74) is 0. The third-order valence-corrected chi connectivity index (χ3v) is 6.75. The van der Waals surface area contributed by atoms with Crippen LogP contribution < -0.4 is 0 Å². The molecule has 2 fully saturated rings. The lowest BCUT2D eigenvalue weighted by molar-refractivity contribution is 0.0257. The van der Waals surface area contributed by atoms with Crippen LogP contribution in [0, 0.1) is 0 Å². The summed E-state index contributed by atoms with van der Waals surface area (Å²) in [6, 6.07) is 8.81. The maximum absolute atomic E-state index is 13.2. The van der Waals surface area contributed by atoms with Gasteiger partial charge in [0.25, 0.3) is 0 Å². The molecule has 0 N–H and O–H groups in total. The van der Waals surface area contributed by atoms with Crippen LogP contribution in [0.2, 0.25) is 0 Å². The van der Waals surface area contributed by atoms with E-state index >= 15 is 0 Å². The highest BCUT2D eigenvalue weighted by atomic mass is 32.2. The van der Waals surface area contributed by atoms with Crippen molar-refractivity contribution in [3.05, 3.63) is 30.3 Å². The third kappa shape index (κ3) is 4.55. The standard InChI is InChI=1S/C17H26N2O4S/c20-24(21,16-4-2-1-3-5-16)17(14-18-6-10-22-11-7-18)15-19-8-12-23-13-9-19/h1-5,17H,6-15H2. The van der Waals surface area contributed by atoms with E-state index in [0.29, 0.717) is 44.4 Å². The van der Waals surface area contributed by atoms with Crippen molar-refractivity contribution in [3.8, 4) is 0 Å². The van der Waals surface area contributed by atoms with E-state index in [1.807, 2.05) is 6.07 Å². The predicted molar refractivity (Wildman–Crippen MR) is 91.9 cm³/mol. The van der Waals surface area contributed by atoms with Gasteiger partial charge in [-0.05, 0) is 12.1 Å². The number of ether oxygens (including phenoxy) is 2. The summed E-state index contributed by atoms with van der Waals surface area (Å²) in [6.45, 7) is 6.99. The molecule has 6 nitrogen and oxygen atoms in total. The average molecular weight is 354 g/mol. The molecule has 0 unspecified atom stereocenters. The van der Waals surface area contributed by atoms with E-state index in [-0.39, 0.29) is 0 Å². The van der Waals surface area contributed by atoms with Crippen molar-refractivity contribution in [2.45, 2.75) is 10.1 Å². The summed E-state index contributed by atoms with van der Waals surface area (Å²) in [6.07, 6.45) is 0. The van der Waals surface area contributed by atoms with E-state index in [0.717, 1.165) is 26.2 Å². The fraction of sp³-hybridized carbons (Fsp3) is 0.647. The highest BCUT2D eigenvalue weighted by Gasteiger charge is 2.32. The first-order chi connectivity index (χ1) is 11.7. The minimum absolute atomic E-state index is 0.413. The maximum atomic E-state index is 13.2. The molecule has 7 heteroatoms. The Labute approximate surface area is 144 Å². The quantitative estimate of drug-likeness (QED) is 0.741. The van der Waals surface area contributed by atoms with Crippen LogP contribution in [0.4, 0.5) is 0 Å². The molecule has 3 rings (SSSR count). The fourth-order valence-corrected chi connectivity index (χ4v) is 4.94. The third-order valence-electron chi connectivity index (χ3n) is 4.64. The Morgan fingerprint density at radius 1 is 0.833 bits per heavy atom. The van der Waals surface area contributed by atoms with Crippen LogP contribution in [0.3, 0.4) is 0 Å². The Balaban J connectivity index is 1.77. The van der Waals surface area contributed by atoms with Gasteiger partial charge in [-0.25, -0.2) is 8.42 Å². The maximum Gasteiger partial charge on any atom is 0.183 e. The number of benzene rings is 1. The summed E-state index contributed by atoms with van der Waals surface area (Å²) >= 11 is 0. The number of rotatable bonds is 6. The monoisotopic (exact) mass is 354 g/mol. The van der Waals surface area contributed by atoms with Crippen molar-refractivity contribution in [2.24, 2.45) is 0 Å². The van der Waals surface area contributed by atoms with E-state index < -0.39 is 15.1 Å². The number of hydrogen-bond acceptors (Lipinski definition) is 6. The van der Waals surface area contributed by atoms with Gasteiger partial charge in [-0.2, -0.15) is 0 Å². The van der Waals surface area contributed by atoms with Crippen LogP contribution in [0.25, 0.3) is 0 Å². The summed E-state index contributed by atoms with van der Waals surface area (Å²) in [5.74, 6) is 0. The molecule has 0 aromatic heterocycles. The highest BCUT2D eigenvalue weighted by Crippen LogP contribution is 2.19. The molecule has 1 aromatic rings. The molecule has 2 aliphatic heterocycles. The van der Waals surface area contributed by atoms with Crippen LogP contribution in [-0.2, 0) is 19.3 Å². The van der Waals surface area contributed by atoms with E-state index in [9.17, 15) is 8.42 Å². The molecule has 2 saturated heterocycles. The second-order valence-corrected chi connectivity index (χ2v) is 8.53. The van der Waals surface area contributed by atoms with Crippen LogP contribution in [0.15, 0.2) is 35.2 Å². The van der Waals surface area contributed by atoms with Crippen molar-refractivity contribution in [1.29, 1.82) is 0 Å². The molecule has 0 aliphatic carbocycles. The number of hydrogen-bond donors (Lipinski definition) is 0. The Bertz CT molecular complexity index is 576. The minimum atomic E-state index is -3.36. The minimum Gasteiger partial charge on any atom is -0.379 e. The summed E-state index contributed by atoms with van der Waals surface area (Å²) in [7, 11) is -3.36. The van der Waals surface area contributed by atoms with Gasteiger partial charge < -0.3 is 9.47 Å². The largest absolute Gasteiger partial charge is 0.379 e. The van der Waals surface area contributed by atoms with E-state index in [2.05, 4.69) is 9.80 Å². The zero-order valence-corrected chi connectivity index (χ0v) is 14.8. The molecule has 0 amide bonds. The molecule has 1 aromatic carbocycles. The van der Waals surface area contributed by atoms with Crippen molar-refractivity contribution in [3.63, 3.8) is 0 Å². The lowest BCUT2D eigenvalue weighted by atomic mass is 10.3. The van der Waals surface area contributed by atoms with E-state index in [1.54, 1.807) is 24.3 Å². The predicted octanol–water partition coefficient (Wildman–Crippen LogP) is 0.493. The van der Waals surface area contributed by atoms with Crippen LogP contribution in [0.1, 0.15) is 0 Å². The van der Waals surface area contributed by atoms with Gasteiger partial charge in [0.1, 0.15) is 0 Å². The normalized spacial score (nSPS) is 21.2. The Morgan fingerprint density at radius 3 is 1.75 bits per heavy atom. The number of nitrogens with zero attached hydrogens (tertiary/aromatic N) is 2. The fourth-order valence-electron chi connectivity index (χ4n) is 3.20. The number of morpholine rings is 2. The van der Waals surface area contributed by atoms with Crippen LogP contribution >= 0.6 is 0 Å². The molecular weight excluding hydrogens is 328 g/mol. The molecule has 0 bridgehead atoms. The van der Waals surface area contributed by atoms with Gasteiger partial charge in [-0.15, -0.1) is 0 Å². The molecule has 0 saturated carbocycles. The summed E-state index contributed by atoms with van der Waals surface area (Å²) < 4.78 is 37.1. The molecule has 0 radical (unpaired) electrons. The average Bonchev–Trinajstić information content (AvgIpc) is 2.64. The second kappa shape index (κ2) is 8.40. The van der Waals surface area contributed by atoms with Gasteiger partial charge in [0.05, 0.1) is 36.6 Å². The van der Waals surface area contributed by atoms with Gasteiger partial charge in [0.2, 0.25) is 0 Å². The van der Waals surface area contributed by atoms with Crippen molar-refractivity contribution in [1.82, 2.24) is 9.80 Å². The Kier molecular flexibility index (Phi) is 6.24. The van der Waals surface area contributed by atoms with Gasteiger partial charge >= 0.3 is 0 Å². The van der Waals surface area contributed by atoms with Gasteiger partial charge in [0.15, 0.2) is 9.84 Å². The van der Waals surface area contributed by atoms with E-state index in [1.165, 1.54) is 0 Å². The van der Waals surface area contributed by atoms with Crippen molar-refractivity contribution < 1.29 is 17.9 Å². The summed E-state index contributed by atoms with van der Waals surface area (Å²) in [5, 5.41) is -0.434. The summed E-state index contributed by atoms with van der Waals surface area (Å²) in [4.78, 5) is 4.82. The molecule has 2 aliphatic rings. The molecule has 0 spiro atoms. The smallest absolute Gasteiger partial charge is 0.183 e. The zero-order valence-electron chi connectivity index (χ0n) is 14.0.